The first kappa shape index (κ1) is 15.5. The van der Waals surface area contributed by atoms with Crippen molar-refractivity contribution in [1.29, 1.82) is 0 Å². The molecule has 122 valence electrons. The van der Waals surface area contributed by atoms with Gasteiger partial charge in [0.05, 0.1) is 19.3 Å². The normalized spacial score (nSPS) is 21.4. The van der Waals surface area contributed by atoms with Gasteiger partial charge in [0.25, 0.3) is 5.91 Å². The molecule has 0 spiro atoms. The van der Waals surface area contributed by atoms with Gasteiger partial charge in [0.2, 0.25) is 0 Å². The minimum absolute atomic E-state index is 0.160. The number of amides is 1. The first-order chi connectivity index (χ1) is 10.8. The molecule has 1 saturated heterocycles. The summed E-state index contributed by atoms with van der Waals surface area (Å²) >= 11 is 0. The van der Waals surface area contributed by atoms with Crippen LogP contribution in [0.15, 0.2) is 4.52 Å². The molecule has 1 atom stereocenters. The Labute approximate surface area is 130 Å². The third-order valence-electron chi connectivity index (χ3n) is 4.27. The van der Waals surface area contributed by atoms with Crippen molar-refractivity contribution in [2.45, 2.75) is 51.0 Å². The molecule has 1 N–H and O–H groups in total. The van der Waals surface area contributed by atoms with Crippen LogP contribution in [0.4, 0.5) is 0 Å². The van der Waals surface area contributed by atoms with Crippen molar-refractivity contribution >= 4 is 5.91 Å². The predicted octanol–water partition coefficient (Wildman–Crippen LogP) is 1.87. The molecule has 2 heterocycles. The summed E-state index contributed by atoms with van der Waals surface area (Å²) in [6, 6.07) is 0. The molecule has 6 nitrogen and oxygen atoms in total. The molecule has 3 rings (SSSR count). The molecule has 1 amide bonds. The van der Waals surface area contributed by atoms with Crippen LogP contribution in [0.1, 0.15) is 53.9 Å². The van der Waals surface area contributed by atoms with Crippen LogP contribution in [-0.2, 0) is 22.3 Å². The van der Waals surface area contributed by atoms with E-state index in [2.05, 4.69) is 10.5 Å². The number of aryl methyl sites for hydroxylation is 1. The van der Waals surface area contributed by atoms with Crippen LogP contribution in [0, 0.1) is 0 Å². The summed E-state index contributed by atoms with van der Waals surface area (Å²) in [7, 11) is 0. The fourth-order valence-corrected chi connectivity index (χ4v) is 3.05. The molecule has 1 aliphatic carbocycles. The largest absolute Gasteiger partial charge is 0.377 e. The van der Waals surface area contributed by atoms with Crippen molar-refractivity contribution < 1.29 is 18.8 Å². The van der Waals surface area contributed by atoms with E-state index in [1.807, 2.05) is 0 Å². The molecular formula is C16H24N2O4. The molecule has 6 heteroatoms. The van der Waals surface area contributed by atoms with Gasteiger partial charge in [-0.3, -0.25) is 4.79 Å². The number of aromatic nitrogens is 1. The number of nitrogens with one attached hydrogen (secondary N) is 1. The Kier molecular flexibility index (Phi) is 5.45. The molecule has 0 radical (unpaired) electrons. The smallest absolute Gasteiger partial charge is 0.273 e. The van der Waals surface area contributed by atoms with E-state index in [0.717, 1.165) is 56.5 Å². The Bertz CT molecular complexity index is 494. The Morgan fingerprint density at radius 3 is 3.05 bits per heavy atom. The number of hydrogen-bond donors (Lipinski definition) is 1. The topological polar surface area (TPSA) is 73.6 Å². The fourth-order valence-electron chi connectivity index (χ4n) is 3.05. The molecule has 1 aliphatic heterocycles. The van der Waals surface area contributed by atoms with Gasteiger partial charge in [0, 0.05) is 25.1 Å². The minimum Gasteiger partial charge on any atom is -0.377 e. The Morgan fingerprint density at radius 1 is 1.27 bits per heavy atom. The van der Waals surface area contributed by atoms with E-state index in [1.165, 1.54) is 6.42 Å². The fraction of sp³-hybridized carbons (Fsp3) is 0.750. The maximum absolute atomic E-state index is 12.2. The summed E-state index contributed by atoms with van der Waals surface area (Å²) in [6.45, 7) is 2.41. The van der Waals surface area contributed by atoms with Crippen LogP contribution in [0.3, 0.4) is 0 Å². The Morgan fingerprint density at radius 2 is 2.18 bits per heavy atom. The molecular weight excluding hydrogens is 284 g/mol. The molecule has 0 bridgehead atoms. The number of fused-ring (bicyclic) bond motifs is 1. The van der Waals surface area contributed by atoms with Gasteiger partial charge in [0.1, 0.15) is 5.76 Å². The number of carbonyl (C=O) groups is 1. The lowest BCUT2D eigenvalue weighted by Crippen LogP contribution is -2.29. The first-order valence-corrected chi connectivity index (χ1v) is 8.29. The molecule has 0 saturated carbocycles. The quantitative estimate of drug-likeness (QED) is 0.641. The lowest BCUT2D eigenvalue weighted by Gasteiger charge is -2.10. The summed E-state index contributed by atoms with van der Waals surface area (Å²) in [5.74, 6) is 0.727. The number of hydrogen-bond acceptors (Lipinski definition) is 5. The van der Waals surface area contributed by atoms with Gasteiger partial charge in [-0.2, -0.15) is 0 Å². The van der Waals surface area contributed by atoms with Gasteiger partial charge in [0.15, 0.2) is 5.69 Å². The second-order valence-electron chi connectivity index (χ2n) is 5.96. The molecule has 22 heavy (non-hydrogen) atoms. The van der Waals surface area contributed by atoms with Gasteiger partial charge in [-0.15, -0.1) is 0 Å². The summed E-state index contributed by atoms with van der Waals surface area (Å²) in [4.78, 5) is 12.2. The molecule has 2 aliphatic rings. The van der Waals surface area contributed by atoms with Crippen molar-refractivity contribution in [2.75, 3.05) is 26.4 Å². The maximum Gasteiger partial charge on any atom is 0.273 e. The lowest BCUT2D eigenvalue weighted by molar-refractivity contribution is 0.0183. The van der Waals surface area contributed by atoms with Crippen molar-refractivity contribution in [3.8, 4) is 0 Å². The van der Waals surface area contributed by atoms with E-state index >= 15 is 0 Å². The third kappa shape index (κ3) is 3.87. The SMILES string of the molecule is O=C(NCCOCC1CCCO1)c1noc2c1CCCCC2. The van der Waals surface area contributed by atoms with Crippen molar-refractivity contribution in [3.63, 3.8) is 0 Å². The zero-order valence-electron chi connectivity index (χ0n) is 12.9. The lowest BCUT2D eigenvalue weighted by atomic mass is 10.1. The van der Waals surface area contributed by atoms with Crippen LogP contribution in [-0.4, -0.2) is 43.5 Å². The highest BCUT2D eigenvalue weighted by atomic mass is 16.5. The standard InChI is InChI=1S/C16H24N2O4/c19-16(17-8-10-20-11-12-5-4-9-21-12)15-13-6-2-1-3-7-14(13)22-18-15/h12H,1-11H2,(H,17,19). The second-order valence-corrected chi connectivity index (χ2v) is 5.96. The van der Waals surface area contributed by atoms with E-state index in [-0.39, 0.29) is 12.0 Å². The number of nitrogens with zero attached hydrogens (tertiary/aromatic N) is 1. The Hall–Kier alpha value is -1.40. The molecule has 1 fully saturated rings. The first-order valence-electron chi connectivity index (χ1n) is 8.29. The van der Waals surface area contributed by atoms with Crippen LogP contribution >= 0.6 is 0 Å². The average molecular weight is 308 g/mol. The van der Waals surface area contributed by atoms with E-state index in [0.29, 0.717) is 25.5 Å². The van der Waals surface area contributed by atoms with E-state index < -0.39 is 0 Å². The number of ether oxygens (including phenoxy) is 2. The summed E-state index contributed by atoms with van der Waals surface area (Å²) in [5, 5.41) is 6.81. The monoisotopic (exact) mass is 308 g/mol. The summed E-state index contributed by atoms with van der Waals surface area (Å²) in [6.07, 6.45) is 7.57. The van der Waals surface area contributed by atoms with Crippen molar-refractivity contribution in [2.24, 2.45) is 0 Å². The number of carbonyl (C=O) groups excluding carboxylic acids is 1. The highest BCUT2D eigenvalue weighted by Gasteiger charge is 2.22. The molecule has 1 unspecified atom stereocenters. The van der Waals surface area contributed by atoms with Gasteiger partial charge >= 0.3 is 0 Å². The molecule has 1 aromatic rings. The van der Waals surface area contributed by atoms with Gasteiger partial charge < -0.3 is 19.3 Å². The van der Waals surface area contributed by atoms with Crippen molar-refractivity contribution in [1.82, 2.24) is 10.5 Å². The summed E-state index contributed by atoms with van der Waals surface area (Å²) < 4.78 is 16.3. The Balaban J connectivity index is 1.41. The highest BCUT2D eigenvalue weighted by molar-refractivity contribution is 5.93. The zero-order chi connectivity index (χ0) is 15.2. The minimum atomic E-state index is -0.160. The summed E-state index contributed by atoms with van der Waals surface area (Å²) in [5.41, 5.74) is 1.45. The van der Waals surface area contributed by atoms with Gasteiger partial charge in [-0.05, 0) is 32.1 Å². The van der Waals surface area contributed by atoms with Crippen LogP contribution in [0.5, 0.6) is 0 Å². The van der Waals surface area contributed by atoms with E-state index in [4.69, 9.17) is 14.0 Å². The maximum atomic E-state index is 12.2. The van der Waals surface area contributed by atoms with Gasteiger partial charge in [-0.25, -0.2) is 0 Å². The van der Waals surface area contributed by atoms with Crippen LogP contribution in [0.25, 0.3) is 0 Å². The van der Waals surface area contributed by atoms with Gasteiger partial charge in [-0.1, -0.05) is 11.6 Å². The van der Waals surface area contributed by atoms with Crippen molar-refractivity contribution in [3.05, 3.63) is 17.0 Å². The van der Waals surface area contributed by atoms with E-state index in [9.17, 15) is 4.79 Å². The molecule has 0 aromatic carbocycles. The second kappa shape index (κ2) is 7.74. The van der Waals surface area contributed by atoms with Crippen LogP contribution < -0.4 is 5.32 Å². The van der Waals surface area contributed by atoms with E-state index in [1.54, 1.807) is 0 Å². The average Bonchev–Trinajstić information content (AvgIpc) is 3.12. The molecule has 1 aromatic heterocycles. The number of rotatable bonds is 6. The zero-order valence-corrected chi connectivity index (χ0v) is 12.9. The van der Waals surface area contributed by atoms with Crippen LogP contribution in [0.2, 0.25) is 0 Å². The highest BCUT2D eigenvalue weighted by Crippen LogP contribution is 2.23. The predicted molar refractivity (Wildman–Crippen MR) is 79.9 cm³/mol. The third-order valence-corrected chi connectivity index (χ3v) is 4.27.